The van der Waals surface area contributed by atoms with Gasteiger partial charge in [0.05, 0.1) is 30.8 Å². The first kappa shape index (κ1) is 24.5. The molecule has 0 atom stereocenters. The molecule has 2 aromatic heterocycles. The average Bonchev–Trinajstić information content (AvgIpc) is 3.10. The topological polar surface area (TPSA) is 118 Å². The van der Waals surface area contributed by atoms with Gasteiger partial charge in [0.15, 0.2) is 5.75 Å². The zero-order valence-corrected chi connectivity index (χ0v) is 20.2. The van der Waals surface area contributed by atoms with Gasteiger partial charge in [0.2, 0.25) is 11.8 Å². The summed E-state index contributed by atoms with van der Waals surface area (Å²) in [5.41, 5.74) is 1.24. The van der Waals surface area contributed by atoms with Crippen LogP contribution in [0.4, 0.5) is 10.7 Å². The summed E-state index contributed by atoms with van der Waals surface area (Å²) < 4.78 is 10.7. The van der Waals surface area contributed by atoms with Gasteiger partial charge in [0.25, 0.3) is 0 Å². The molecule has 1 aromatic carbocycles. The van der Waals surface area contributed by atoms with Crippen molar-refractivity contribution < 1.29 is 24.2 Å². The Hall–Kier alpha value is -3.63. The van der Waals surface area contributed by atoms with Crippen LogP contribution in [-0.2, 0) is 4.74 Å². The SMILES string of the molecule is COC(=O)c1cc(Oc2cnc(N3CCCN(C(=O)O)CC3)nc2)nc(-c2cc(Cl)cc(Cl)c2)c1. The number of ether oxygens (including phenoxy) is 2. The number of pyridine rings is 1. The molecule has 182 valence electrons. The lowest BCUT2D eigenvalue weighted by atomic mass is 10.1. The lowest BCUT2D eigenvalue weighted by Gasteiger charge is -2.20. The Morgan fingerprint density at radius 3 is 2.34 bits per heavy atom. The molecule has 0 bridgehead atoms. The van der Waals surface area contributed by atoms with Gasteiger partial charge >= 0.3 is 12.1 Å². The van der Waals surface area contributed by atoms with E-state index in [4.69, 9.17) is 32.7 Å². The van der Waals surface area contributed by atoms with Crippen molar-refractivity contribution >= 4 is 41.2 Å². The summed E-state index contributed by atoms with van der Waals surface area (Å²) in [6.07, 6.45) is 2.72. The fourth-order valence-electron chi connectivity index (χ4n) is 3.60. The molecule has 12 heteroatoms. The number of carbonyl (C=O) groups is 2. The summed E-state index contributed by atoms with van der Waals surface area (Å²) in [5.74, 6) is 0.340. The minimum atomic E-state index is -0.933. The van der Waals surface area contributed by atoms with Crippen LogP contribution in [0.15, 0.2) is 42.7 Å². The van der Waals surface area contributed by atoms with Gasteiger partial charge in [-0.25, -0.2) is 24.5 Å². The van der Waals surface area contributed by atoms with Crippen LogP contribution in [0.2, 0.25) is 10.0 Å². The number of carboxylic acid groups (broad SMARTS) is 1. The van der Waals surface area contributed by atoms with Crippen LogP contribution in [0, 0.1) is 0 Å². The maximum absolute atomic E-state index is 12.2. The first-order valence-electron chi connectivity index (χ1n) is 10.6. The van der Waals surface area contributed by atoms with E-state index in [-0.39, 0.29) is 11.4 Å². The summed E-state index contributed by atoms with van der Waals surface area (Å²) in [6.45, 7) is 1.96. The summed E-state index contributed by atoms with van der Waals surface area (Å²) in [4.78, 5) is 39.9. The maximum Gasteiger partial charge on any atom is 0.407 e. The van der Waals surface area contributed by atoms with Crippen LogP contribution in [0.25, 0.3) is 11.3 Å². The van der Waals surface area contributed by atoms with Gasteiger partial charge in [0, 0.05) is 47.9 Å². The Morgan fingerprint density at radius 1 is 0.971 bits per heavy atom. The normalized spacial score (nSPS) is 13.8. The van der Waals surface area contributed by atoms with E-state index < -0.39 is 12.1 Å². The molecule has 3 aromatic rings. The molecule has 1 aliphatic rings. The predicted octanol–water partition coefficient (Wildman–Crippen LogP) is 4.61. The van der Waals surface area contributed by atoms with Crippen molar-refractivity contribution in [2.45, 2.75) is 6.42 Å². The third kappa shape index (κ3) is 6.09. The third-order valence-electron chi connectivity index (χ3n) is 5.27. The number of esters is 1. The van der Waals surface area contributed by atoms with Gasteiger partial charge in [-0.3, -0.25) is 0 Å². The largest absolute Gasteiger partial charge is 0.465 e. The third-order valence-corrected chi connectivity index (χ3v) is 5.70. The average molecular weight is 518 g/mol. The molecule has 10 nitrogen and oxygen atoms in total. The van der Waals surface area contributed by atoms with E-state index in [1.807, 2.05) is 4.90 Å². The Morgan fingerprint density at radius 2 is 1.69 bits per heavy atom. The van der Waals surface area contributed by atoms with Crippen LogP contribution in [0.5, 0.6) is 11.6 Å². The van der Waals surface area contributed by atoms with Crippen LogP contribution >= 0.6 is 23.2 Å². The van der Waals surface area contributed by atoms with Crippen molar-refractivity contribution in [1.82, 2.24) is 19.9 Å². The molecule has 35 heavy (non-hydrogen) atoms. The molecule has 4 rings (SSSR count). The van der Waals surface area contributed by atoms with Crippen molar-refractivity contribution in [2.24, 2.45) is 0 Å². The van der Waals surface area contributed by atoms with E-state index in [0.717, 1.165) is 0 Å². The molecule has 1 aliphatic heterocycles. The second kappa shape index (κ2) is 10.7. The van der Waals surface area contributed by atoms with Gasteiger partial charge in [0.1, 0.15) is 0 Å². The van der Waals surface area contributed by atoms with E-state index in [9.17, 15) is 14.7 Å². The van der Waals surface area contributed by atoms with E-state index in [1.165, 1.54) is 30.5 Å². The summed E-state index contributed by atoms with van der Waals surface area (Å²) in [5, 5.41) is 10.0. The number of amides is 1. The molecular weight excluding hydrogens is 497 g/mol. The van der Waals surface area contributed by atoms with Gasteiger partial charge in [-0.05, 0) is 30.7 Å². The number of halogens is 2. The van der Waals surface area contributed by atoms with Gasteiger partial charge in [-0.2, -0.15) is 0 Å². The Kier molecular flexibility index (Phi) is 7.52. The summed E-state index contributed by atoms with van der Waals surface area (Å²) >= 11 is 12.2. The number of hydrogen-bond acceptors (Lipinski definition) is 8. The summed E-state index contributed by atoms with van der Waals surface area (Å²) in [6, 6.07) is 7.94. The number of anilines is 1. The van der Waals surface area contributed by atoms with Crippen molar-refractivity contribution in [1.29, 1.82) is 0 Å². The van der Waals surface area contributed by atoms with E-state index >= 15 is 0 Å². The van der Waals surface area contributed by atoms with Crippen molar-refractivity contribution in [3.63, 3.8) is 0 Å². The zero-order chi connectivity index (χ0) is 24.9. The van der Waals surface area contributed by atoms with E-state index in [2.05, 4.69) is 15.0 Å². The van der Waals surface area contributed by atoms with Crippen LogP contribution in [0.1, 0.15) is 16.8 Å². The molecule has 1 N–H and O–H groups in total. The second-order valence-electron chi connectivity index (χ2n) is 7.66. The molecule has 1 fully saturated rings. The van der Waals surface area contributed by atoms with Gasteiger partial charge in [-0.1, -0.05) is 23.2 Å². The molecule has 1 amide bonds. The standard InChI is InChI=1S/C23H21Cl2N5O5/c1-34-21(31)15-9-19(14-7-16(24)11-17(25)8-14)28-20(10-15)35-18-12-26-22(27-13-18)29-3-2-4-30(6-5-29)23(32)33/h7-13H,2-6H2,1H3,(H,32,33). The number of benzene rings is 1. The number of nitrogens with zero attached hydrogens (tertiary/aromatic N) is 5. The highest BCUT2D eigenvalue weighted by molar-refractivity contribution is 6.35. The smallest absolute Gasteiger partial charge is 0.407 e. The molecule has 1 saturated heterocycles. The maximum atomic E-state index is 12.2. The van der Waals surface area contributed by atoms with Crippen LogP contribution in [0.3, 0.4) is 0 Å². The molecule has 0 spiro atoms. The number of aromatic nitrogens is 3. The highest BCUT2D eigenvalue weighted by Crippen LogP contribution is 2.30. The van der Waals surface area contributed by atoms with Crippen LogP contribution < -0.4 is 9.64 Å². The van der Waals surface area contributed by atoms with Crippen molar-refractivity contribution in [3.05, 3.63) is 58.3 Å². The highest BCUT2D eigenvalue weighted by atomic mass is 35.5. The number of hydrogen-bond donors (Lipinski definition) is 1. The van der Waals surface area contributed by atoms with Crippen LogP contribution in [-0.4, -0.2) is 70.3 Å². The molecular formula is C23H21Cl2N5O5. The number of methoxy groups -OCH3 is 1. The van der Waals surface area contributed by atoms with Crippen molar-refractivity contribution in [3.8, 4) is 22.9 Å². The predicted molar refractivity (Wildman–Crippen MR) is 130 cm³/mol. The minimum absolute atomic E-state index is 0.127. The fourth-order valence-corrected chi connectivity index (χ4v) is 4.12. The highest BCUT2D eigenvalue weighted by Gasteiger charge is 2.20. The Bertz CT molecular complexity index is 1220. The van der Waals surface area contributed by atoms with Gasteiger partial charge in [-0.15, -0.1) is 0 Å². The molecule has 0 unspecified atom stereocenters. The first-order chi connectivity index (χ1) is 16.8. The van der Waals surface area contributed by atoms with E-state index in [0.29, 0.717) is 65.6 Å². The molecule has 3 heterocycles. The molecule has 0 saturated carbocycles. The number of carbonyl (C=O) groups excluding carboxylic acids is 1. The first-order valence-corrected chi connectivity index (χ1v) is 11.4. The molecule has 0 aliphatic carbocycles. The Labute approximate surface area is 211 Å². The van der Waals surface area contributed by atoms with E-state index in [1.54, 1.807) is 24.3 Å². The zero-order valence-electron chi connectivity index (χ0n) is 18.6. The minimum Gasteiger partial charge on any atom is -0.465 e. The molecule has 0 radical (unpaired) electrons. The lowest BCUT2D eigenvalue weighted by molar-refractivity contribution is 0.0600. The summed E-state index contributed by atoms with van der Waals surface area (Å²) in [7, 11) is 1.28. The monoisotopic (exact) mass is 517 g/mol. The lowest BCUT2D eigenvalue weighted by Crippen LogP contribution is -2.34. The fraction of sp³-hybridized carbons (Fsp3) is 0.261. The number of rotatable bonds is 5. The second-order valence-corrected chi connectivity index (χ2v) is 8.53. The van der Waals surface area contributed by atoms with Crippen molar-refractivity contribution in [2.75, 3.05) is 38.2 Å². The Balaban J connectivity index is 1.56. The quantitative estimate of drug-likeness (QED) is 0.483. The van der Waals surface area contributed by atoms with Gasteiger partial charge < -0.3 is 24.4 Å².